The van der Waals surface area contributed by atoms with Gasteiger partial charge in [0, 0.05) is 12.5 Å². The van der Waals surface area contributed by atoms with Gasteiger partial charge in [0.05, 0.1) is 11.9 Å². The quantitative estimate of drug-likeness (QED) is 0.820. The van der Waals surface area contributed by atoms with Crippen LogP contribution in [0.4, 0.5) is 0 Å². The number of aromatic nitrogens is 5. The smallest absolute Gasteiger partial charge is 0.248 e. The van der Waals surface area contributed by atoms with E-state index in [4.69, 9.17) is 10.3 Å². The maximum Gasteiger partial charge on any atom is 0.248 e. The minimum absolute atomic E-state index is 0.308. The zero-order chi connectivity index (χ0) is 12.3. The van der Waals surface area contributed by atoms with E-state index in [0.717, 1.165) is 17.9 Å². The molecule has 0 aromatic carbocycles. The van der Waals surface area contributed by atoms with Crippen molar-refractivity contribution in [3.05, 3.63) is 23.6 Å². The Bertz CT molecular complexity index is 477. The van der Waals surface area contributed by atoms with Crippen LogP contribution in [0.15, 0.2) is 10.7 Å². The van der Waals surface area contributed by atoms with Gasteiger partial charge in [0.25, 0.3) is 0 Å². The SMILES string of the molecule is CCC(C)c1noc(Cn2cc(CN)nn2)n1. The van der Waals surface area contributed by atoms with Gasteiger partial charge in [0.1, 0.15) is 6.54 Å². The summed E-state index contributed by atoms with van der Waals surface area (Å²) < 4.78 is 6.79. The Morgan fingerprint density at radius 1 is 1.53 bits per heavy atom. The second-order valence-corrected chi connectivity index (χ2v) is 3.97. The van der Waals surface area contributed by atoms with Crippen molar-refractivity contribution in [3.8, 4) is 0 Å². The van der Waals surface area contributed by atoms with Crippen LogP contribution < -0.4 is 5.73 Å². The van der Waals surface area contributed by atoms with Gasteiger partial charge in [0.2, 0.25) is 5.89 Å². The average Bonchev–Trinajstić information content (AvgIpc) is 2.97. The molecule has 0 saturated heterocycles. The van der Waals surface area contributed by atoms with Crippen LogP contribution in [-0.2, 0) is 13.1 Å². The van der Waals surface area contributed by atoms with E-state index in [-0.39, 0.29) is 0 Å². The van der Waals surface area contributed by atoms with Crippen LogP contribution >= 0.6 is 0 Å². The number of nitrogens with two attached hydrogens (primary N) is 1. The van der Waals surface area contributed by atoms with E-state index < -0.39 is 0 Å². The molecule has 0 aliphatic rings. The minimum atomic E-state index is 0.308. The third kappa shape index (κ3) is 2.68. The number of hydrogen-bond donors (Lipinski definition) is 1. The standard InChI is InChI=1S/C10H16N6O/c1-3-7(2)10-12-9(17-14-10)6-16-5-8(4-11)13-15-16/h5,7H,3-4,6,11H2,1-2H3. The predicted octanol–water partition coefficient (Wildman–Crippen LogP) is 0.682. The summed E-state index contributed by atoms with van der Waals surface area (Å²) in [5.74, 6) is 1.58. The van der Waals surface area contributed by atoms with Crippen molar-refractivity contribution in [1.29, 1.82) is 0 Å². The largest absolute Gasteiger partial charge is 0.337 e. The van der Waals surface area contributed by atoms with Gasteiger partial charge in [-0.2, -0.15) is 4.98 Å². The van der Waals surface area contributed by atoms with Gasteiger partial charge in [-0.05, 0) is 6.42 Å². The Morgan fingerprint density at radius 3 is 3.00 bits per heavy atom. The molecule has 1 unspecified atom stereocenters. The molecule has 0 spiro atoms. The van der Waals surface area contributed by atoms with Crippen molar-refractivity contribution in [2.75, 3.05) is 0 Å². The molecular weight excluding hydrogens is 220 g/mol. The van der Waals surface area contributed by atoms with Crippen molar-refractivity contribution in [3.63, 3.8) is 0 Å². The summed E-state index contributed by atoms with van der Waals surface area (Å²) in [4.78, 5) is 4.31. The lowest BCUT2D eigenvalue weighted by Gasteiger charge is -1.98. The molecule has 2 heterocycles. The summed E-state index contributed by atoms with van der Waals surface area (Å²) in [5.41, 5.74) is 6.19. The molecule has 17 heavy (non-hydrogen) atoms. The highest BCUT2D eigenvalue weighted by atomic mass is 16.5. The third-order valence-electron chi connectivity index (χ3n) is 2.63. The topological polar surface area (TPSA) is 95.7 Å². The number of hydrogen-bond acceptors (Lipinski definition) is 6. The summed E-state index contributed by atoms with van der Waals surface area (Å²) in [5, 5.41) is 11.7. The van der Waals surface area contributed by atoms with Gasteiger partial charge in [0.15, 0.2) is 5.82 Å². The van der Waals surface area contributed by atoms with Crippen molar-refractivity contribution in [2.45, 2.75) is 39.3 Å². The molecule has 2 rings (SSSR count). The zero-order valence-electron chi connectivity index (χ0n) is 10.00. The molecule has 2 N–H and O–H groups in total. The molecule has 7 nitrogen and oxygen atoms in total. The first kappa shape index (κ1) is 11.7. The number of rotatable bonds is 5. The van der Waals surface area contributed by atoms with Crippen LogP contribution in [0.2, 0.25) is 0 Å². The van der Waals surface area contributed by atoms with Gasteiger partial charge < -0.3 is 10.3 Å². The molecule has 92 valence electrons. The van der Waals surface area contributed by atoms with Crippen LogP contribution in [0.3, 0.4) is 0 Å². The van der Waals surface area contributed by atoms with Crippen molar-refractivity contribution < 1.29 is 4.52 Å². The van der Waals surface area contributed by atoms with Crippen LogP contribution in [-0.4, -0.2) is 25.1 Å². The summed E-state index contributed by atoms with van der Waals surface area (Å²) in [6, 6.07) is 0. The monoisotopic (exact) mass is 236 g/mol. The molecule has 7 heteroatoms. The van der Waals surface area contributed by atoms with Crippen LogP contribution in [0, 0.1) is 0 Å². The Kier molecular flexibility index (Phi) is 3.48. The Labute approximate surface area is 99.0 Å². The van der Waals surface area contributed by atoms with Gasteiger partial charge >= 0.3 is 0 Å². The van der Waals surface area contributed by atoms with Crippen molar-refractivity contribution >= 4 is 0 Å². The average molecular weight is 236 g/mol. The van der Waals surface area contributed by atoms with Crippen LogP contribution in [0.5, 0.6) is 0 Å². The Morgan fingerprint density at radius 2 is 2.35 bits per heavy atom. The molecule has 2 aromatic rings. The van der Waals surface area contributed by atoms with E-state index in [1.165, 1.54) is 0 Å². The van der Waals surface area contributed by atoms with E-state index in [1.54, 1.807) is 10.9 Å². The summed E-state index contributed by atoms with van der Waals surface area (Å²) >= 11 is 0. The first-order chi connectivity index (χ1) is 8.22. The molecular formula is C10H16N6O. The van der Waals surface area contributed by atoms with Crippen LogP contribution in [0.25, 0.3) is 0 Å². The molecule has 0 fully saturated rings. The maximum absolute atomic E-state index is 5.45. The fraction of sp³-hybridized carbons (Fsp3) is 0.600. The second kappa shape index (κ2) is 5.05. The van der Waals surface area contributed by atoms with E-state index in [9.17, 15) is 0 Å². The lowest BCUT2D eigenvalue weighted by atomic mass is 10.1. The second-order valence-electron chi connectivity index (χ2n) is 3.97. The molecule has 0 radical (unpaired) electrons. The van der Waals surface area contributed by atoms with E-state index >= 15 is 0 Å². The van der Waals surface area contributed by atoms with E-state index in [2.05, 4.69) is 34.3 Å². The molecule has 0 bridgehead atoms. The highest BCUT2D eigenvalue weighted by Crippen LogP contribution is 2.14. The first-order valence-corrected chi connectivity index (χ1v) is 5.64. The fourth-order valence-corrected chi connectivity index (χ4v) is 1.36. The molecule has 1 atom stereocenters. The molecule has 0 saturated carbocycles. The normalized spacial score (nSPS) is 12.9. The van der Waals surface area contributed by atoms with Crippen LogP contribution in [0.1, 0.15) is 43.6 Å². The molecule has 0 aliphatic heterocycles. The van der Waals surface area contributed by atoms with Crippen molar-refractivity contribution in [2.24, 2.45) is 5.73 Å². The first-order valence-electron chi connectivity index (χ1n) is 5.64. The minimum Gasteiger partial charge on any atom is -0.337 e. The highest BCUT2D eigenvalue weighted by Gasteiger charge is 2.12. The Hall–Kier alpha value is -1.76. The maximum atomic E-state index is 5.45. The summed E-state index contributed by atoms with van der Waals surface area (Å²) in [6.07, 6.45) is 2.76. The lowest BCUT2D eigenvalue weighted by Crippen LogP contribution is -2.01. The molecule has 2 aromatic heterocycles. The summed E-state index contributed by atoms with van der Waals surface area (Å²) in [6.45, 7) is 4.96. The zero-order valence-corrected chi connectivity index (χ0v) is 10.00. The molecule has 0 aliphatic carbocycles. The summed E-state index contributed by atoms with van der Waals surface area (Å²) in [7, 11) is 0. The van der Waals surface area contributed by atoms with Gasteiger partial charge in [-0.3, -0.25) is 0 Å². The van der Waals surface area contributed by atoms with Gasteiger partial charge in [-0.15, -0.1) is 5.10 Å². The Balaban J connectivity index is 2.06. The number of nitrogens with zero attached hydrogens (tertiary/aromatic N) is 5. The van der Waals surface area contributed by atoms with Crippen molar-refractivity contribution in [1.82, 2.24) is 25.1 Å². The highest BCUT2D eigenvalue weighted by molar-refractivity contribution is 4.95. The van der Waals surface area contributed by atoms with Gasteiger partial charge in [-0.1, -0.05) is 24.2 Å². The fourth-order valence-electron chi connectivity index (χ4n) is 1.36. The third-order valence-corrected chi connectivity index (χ3v) is 2.63. The van der Waals surface area contributed by atoms with E-state index in [0.29, 0.717) is 24.9 Å². The van der Waals surface area contributed by atoms with Gasteiger partial charge in [-0.25, -0.2) is 4.68 Å². The lowest BCUT2D eigenvalue weighted by molar-refractivity contribution is 0.357. The van der Waals surface area contributed by atoms with E-state index in [1.807, 2.05) is 0 Å². The predicted molar refractivity (Wildman–Crippen MR) is 60.0 cm³/mol. The molecule has 0 amide bonds.